The van der Waals surface area contributed by atoms with Crippen molar-refractivity contribution in [3.05, 3.63) is 59.7 Å². The van der Waals surface area contributed by atoms with Crippen molar-refractivity contribution >= 4 is 28.6 Å². The molecule has 6 heteroatoms. The molecule has 34 heavy (non-hydrogen) atoms. The summed E-state index contributed by atoms with van der Waals surface area (Å²) in [5.41, 5.74) is 4.58. The minimum absolute atomic E-state index is 0.0370. The summed E-state index contributed by atoms with van der Waals surface area (Å²) < 4.78 is 2.03. The van der Waals surface area contributed by atoms with Crippen LogP contribution >= 0.6 is 0 Å². The van der Waals surface area contributed by atoms with Crippen molar-refractivity contribution in [2.24, 2.45) is 0 Å². The number of aliphatic carboxylic acids is 1. The lowest BCUT2D eigenvalue weighted by Crippen LogP contribution is -2.29. The lowest BCUT2D eigenvalue weighted by molar-refractivity contribution is -0.135. The topological polar surface area (TPSA) is 88.4 Å². The van der Waals surface area contributed by atoms with Crippen molar-refractivity contribution in [2.45, 2.75) is 65.3 Å². The SMILES string of the molecule is CC.CC(=O)Cn1c(-c2ccccc2)c(C2CCCCC2)c2ccc(C(=O)NCC(=O)O)cc21. The van der Waals surface area contributed by atoms with Gasteiger partial charge in [0.1, 0.15) is 12.3 Å². The van der Waals surface area contributed by atoms with E-state index in [9.17, 15) is 14.4 Å². The molecule has 3 aromatic rings. The standard InChI is InChI=1S/C26H28N2O4.C2H6/c1-17(29)16-28-22-14-20(26(32)27-15-23(30)31)12-13-21(22)24(18-8-4-2-5-9-18)25(28)19-10-6-3-7-11-19;1-2/h3,6-7,10-14,18H,2,4-5,8-9,15-16H2,1H3,(H,27,32)(H,30,31);1-2H3. The van der Waals surface area contributed by atoms with Gasteiger partial charge in [-0.2, -0.15) is 0 Å². The molecule has 4 rings (SSSR count). The number of Topliss-reactive ketones (excluding diaryl/α,β-unsaturated/α-hetero) is 1. The molecule has 0 radical (unpaired) electrons. The van der Waals surface area contributed by atoms with Gasteiger partial charge in [-0.15, -0.1) is 0 Å². The zero-order valence-electron chi connectivity index (χ0n) is 20.3. The first-order valence-electron chi connectivity index (χ1n) is 12.2. The number of carbonyl (C=O) groups excluding carboxylic acids is 2. The van der Waals surface area contributed by atoms with Gasteiger partial charge < -0.3 is 15.0 Å². The third-order valence-corrected chi connectivity index (χ3v) is 6.21. The molecule has 0 atom stereocenters. The van der Waals surface area contributed by atoms with Crippen LogP contribution in [0.3, 0.4) is 0 Å². The molecule has 0 aliphatic heterocycles. The molecule has 180 valence electrons. The van der Waals surface area contributed by atoms with E-state index in [2.05, 4.69) is 17.4 Å². The summed E-state index contributed by atoms with van der Waals surface area (Å²) in [6.07, 6.45) is 5.85. The summed E-state index contributed by atoms with van der Waals surface area (Å²) in [6.45, 7) is 5.35. The van der Waals surface area contributed by atoms with Gasteiger partial charge >= 0.3 is 5.97 Å². The van der Waals surface area contributed by atoms with Crippen LogP contribution in [0.1, 0.15) is 74.7 Å². The Morgan fingerprint density at radius 1 is 1.00 bits per heavy atom. The number of hydrogen-bond acceptors (Lipinski definition) is 3. The van der Waals surface area contributed by atoms with Crippen LogP contribution in [-0.2, 0) is 16.1 Å². The maximum atomic E-state index is 12.5. The van der Waals surface area contributed by atoms with Crippen LogP contribution in [0.15, 0.2) is 48.5 Å². The number of amides is 1. The molecule has 0 unspecified atom stereocenters. The zero-order valence-corrected chi connectivity index (χ0v) is 20.3. The van der Waals surface area contributed by atoms with E-state index in [1.807, 2.05) is 42.7 Å². The molecule has 2 N–H and O–H groups in total. The number of carboxylic acids is 1. The van der Waals surface area contributed by atoms with E-state index in [1.165, 1.54) is 24.8 Å². The van der Waals surface area contributed by atoms with Gasteiger partial charge in [-0.1, -0.05) is 69.5 Å². The second-order valence-corrected chi connectivity index (χ2v) is 8.56. The van der Waals surface area contributed by atoms with Crippen molar-refractivity contribution in [3.8, 4) is 11.3 Å². The second-order valence-electron chi connectivity index (χ2n) is 8.56. The number of carboxylic acid groups (broad SMARTS) is 1. The summed E-state index contributed by atoms with van der Waals surface area (Å²) in [4.78, 5) is 35.6. The lowest BCUT2D eigenvalue weighted by atomic mass is 9.82. The van der Waals surface area contributed by atoms with E-state index in [-0.39, 0.29) is 12.3 Å². The first-order valence-corrected chi connectivity index (χ1v) is 12.2. The van der Waals surface area contributed by atoms with E-state index in [0.29, 0.717) is 11.5 Å². The number of benzene rings is 2. The van der Waals surface area contributed by atoms with Gasteiger partial charge in [0.25, 0.3) is 5.91 Å². The number of rotatable bonds is 7. The third kappa shape index (κ3) is 5.56. The number of fused-ring (bicyclic) bond motifs is 1. The highest BCUT2D eigenvalue weighted by molar-refractivity contribution is 6.02. The van der Waals surface area contributed by atoms with Crippen molar-refractivity contribution in [1.82, 2.24) is 9.88 Å². The molecule has 1 aromatic heterocycles. The quantitative estimate of drug-likeness (QED) is 0.465. The molecule has 0 bridgehead atoms. The number of carbonyl (C=O) groups is 3. The predicted octanol–water partition coefficient (Wildman–Crippen LogP) is 5.79. The largest absolute Gasteiger partial charge is 0.480 e. The molecule has 2 aromatic carbocycles. The Hall–Kier alpha value is -3.41. The first kappa shape index (κ1) is 25.2. The van der Waals surface area contributed by atoms with Crippen LogP contribution in [-0.4, -0.2) is 33.9 Å². The molecule has 1 aliphatic rings. The average molecular weight is 463 g/mol. The van der Waals surface area contributed by atoms with Crippen molar-refractivity contribution in [2.75, 3.05) is 6.54 Å². The monoisotopic (exact) mass is 462 g/mol. The van der Waals surface area contributed by atoms with Crippen LogP contribution in [0.25, 0.3) is 22.2 Å². The number of ketones is 1. The minimum atomic E-state index is -1.09. The number of hydrogen-bond donors (Lipinski definition) is 2. The highest BCUT2D eigenvalue weighted by atomic mass is 16.4. The van der Waals surface area contributed by atoms with E-state index < -0.39 is 18.4 Å². The molecule has 6 nitrogen and oxygen atoms in total. The van der Waals surface area contributed by atoms with Gasteiger partial charge in [0.15, 0.2) is 0 Å². The van der Waals surface area contributed by atoms with Gasteiger partial charge in [0, 0.05) is 16.5 Å². The third-order valence-electron chi connectivity index (χ3n) is 6.21. The fraction of sp³-hybridized carbons (Fsp3) is 0.393. The van der Waals surface area contributed by atoms with Crippen LogP contribution < -0.4 is 5.32 Å². The van der Waals surface area contributed by atoms with E-state index in [4.69, 9.17) is 5.11 Å². The van der Waals surface area contributed by atoms with Crippen LogP contribution in [0, 0.1) is 0 Å². The average Bonchev–Trinajstić information content (AvgIpc) is 3.17. The Balaban J connectivity index is 0.00000158. The summed E-state index contributed by atoms with van der Waals surface area (Å²) >= 11 is 0. The highest BCUT2D eigenvalue weighted by Gasteiger charge is 2.27. The van der Waals surface area contributed by atoms with E-state index in [0.717, 1.165) is 35.0 Å². The summed E-state index contributed by atoms with van der Waals surface area (Å²) in [7, 11) is 0. The molecular weight excluding hydrogens is 428 g/mol. The summed E-state index contributed by atoms with van der Waals surface area (Å²) in [5.74, 6) is -1.09. The molecule has 1 amide bonds. The highest BCUT2D eigenvalue weighted by Crippen LogP contribution is 2.44. The fourth-order valence-electron chi connectivity index (χ4n) is 4.87. The number of nitrogens with zero attached hydrogens (tertiary/aromatic N) is 1. The Bertz CT molecular complexity index is 1160. The molecule has 0 saturated heterocycles. The number of nitrogens with one attached hydrogen (secondary N) is 1. The Morgan fingerprint density at radius 2 is 1.68 bits per heavy atom. The molecule has 1 aliphatic carbocycles. The second kappa shape index (κ2) is 11.6. The Labute approximate surface area is 201 Å². The molecule has 1 fully saturated rings. The smallest absolute Gasteiger partial charge is 0.322 e. The maximum Gasteiger partial charge on any atom is 0.322 e. The molecule has 1 saturated carbocycles. The summed E-state index contributed by atoms with van der Waals surface area (Å²) in [5, 5.41) is 12.4. The Kier molecular flexibility index (Phi) is 8.63. The molecule has 1 heterocycles. The fourth-order valence-corrected chi connectivity index (χ4v) is 4.87. The molecular formula is C28H34N2O4. The van der Waals surface area contributed by atoms with Gasteiger partial charge in [-0.25, -0.2) is 0 Å². The van der Waals surface area contributed by atoms with Crippen molar-refractivity contribution in [3.63, 3.8) is 0 Å². The van der Waals surface area contributed by atoms with Gasteiger partial charge in [-0.3, -0.25) is 14.4 Å². The first-order chi connectivity index (χ1) is 16.5. The van der Waals surface area contributed by atoms with Gasteiger partial charge in [0.2, 0.25) is 0 Å². The van der Waals surface area contributed by atoms with Crippen molar-refractivity contribution < 1.29 is 19.5 Å². The minimum Gasteiger partial charge on any atom is -0.480 e. The van der Waals surface area contributed by atoms with Crippen molar-refractivity contribution in [1.29, 1.82) is 0 Å². The van der Waals surface area contributed by atoms with Crippen LogP contribution in [0.2, 0.25) is 0 Å². The maximum absolute atomic E-state index is 12.5. The normalized spacial score (nSPS) is 13.7. The zero-order chi connectivity index (χ0) is 24.7. The van der Waals surface area contributed by atoms with Crippen LogP contribution in [0.5, 0.6) is 0 Å². The number of aromatic nitrogens is 1. The predicted molar refractivity (Wildman–Crippen MR) is 135 cm³/mol. The molecule has 0 spiro atoms. The van der Waals surface area contributed by atoms with Crippen LogP contribution in [0.4, 0.5) is 0 Å². The van der Waals surface area contributed by atoms with E-state index in [1.54, 1.807) is 19.1 Å². The van der Waals surface area contributed by atoms with E-state index >= 15 is 0 Å². The van der Waals surface area contributed by atoms with Gasteiger partial charge in [0.05, 0.1) is 12.2 Å². The van der Waals surface area contributed by atoms with Gasteiger partial charge in [-0.05, 0) is 48.9 Å². The Morgan fingerprint density at radius 3 is 2.29 bits per heavy atom. The lowest BCUT2D eigenvalue weighted by Gasteiger charge is -2.23. The summed E-state index contributed by atoms with van der Waals surface area (Å²) in [6, 6.07) is 15.6.